The first-order valence-electron chi connectivity index (χ1n) is 9.68. The molecule has 3 aromatic rings. The summed E-state index contributed by atoms with van der Waals surface area (Å²) in [6, 6.07) is 12.8. The summed E-state index contributed by atoms with van der Waals surface area (Å²) in [5.41, 5.74) is 1.83. The van der Waals surface area contributed by atoms with Crippen LogP contribution in [-0.2, 0) is 4.79 Å². The number of hydrogen-bond acceptors (Lipinski definition) is 6. The molecule has 0 bridgehead atoms. The van der Waals surface area contributed by atoms with Crippen LogP contribution >= 0.6 is 11.3 Å². The summed E-state index contributed by atoms with van der Waals surface area (Å²) in [6.45, 7) is 0.701. The molecule has 1 N–H and O–H groups in total. The van der Waals surface area contributed by atoms with Gasteiger partial charge in [0.2, 0.25) is 0 Å². The lowest BCUT2D eigenvalue weighted by atomic mass is 9.96. The predicted octanol–water partition coefficient (Wildman–Crippen LogP) is 4.34. The summed E-state index contributed by atoms with van der Waals surface area (Å²) < 4.78 is 12.1. The van der Waals surface area contributed by atoms with E-state index in [2.05, 4.69) is 4.90 Å². The molecule has 1 aliphatic heterocycles. The van der Waals surface area contributed by atoms with Gasteiger partial charge in [-0.3, -0.25) is 9.69 Å². The van der Waals surface area contributed by atoms with Crippen molar-refractivity contribution in [1.82, 2.24) is 9.88 Å². The molecule has 1 aromatic heterocycles. The maximum absolute atomic E-state index is 12.0. The first kappa shape index (κ1) is 19.7. The number of fused-ring (bicyclic) bond motifs is 1. The zero-order chi connectivity index (χ0) is 20.4. The lowest BCUT2D eigenvalue weighted by Gasteiger charge is -2.38. The quantitative estimate of drug-likeness (QED) is 0.649. The van der Waals surface area contributed by atoms with Gasteiger partial charge < -0.3 is 14.6 Å². The lowest BCUT2D eigenvalue weighted by molar-refractivity contribution is -0.145. The molecule has 2 unspecified atom stereocenters. The number of carboxylic acids is 1. The number of hydrogen-bond donors (Lipinski definition) is 1. The Balaban J connectivity index is 1.88. The number of piperidine rings is 1. The van der Waals surface area contributed by atoms with E-state index < -0.39 is 12.0 Å². The number of aromatic nitrogens is 1. The largest absolute Gasteiger partial charge is 0.497 e. The fourth-order valence-electron chi connectivity index (χ4n) is 4.03. The summed E-state index contributed by atoms with van der Waals surface area (Å²) in [6.07, 6.45) is 2.51. The van der Waals surface area contributed by atoms with Crippen LogP contribution in [0.4, 0.5) is 0 Å². The highest BCUT2D eigenvalue weighted by Gasteiger charge is 2.37. The Labute approximate surface area is 173 Å². The van der Waals surface area contributed by atoms with Crippen LogP contribution < -0.4 is 9.47 Å². The Hall–Kier alpha value is -2.64. The van der Waals surface area contributed by atoms with E-state index in [9.17, 15) is 9.90 Å². The summed E-state index contributed by atoms with van der Waals surface area (Å²) >= 11 is 1.60. The molecule has 2 aromatic carbocycles. The molecule has 0 amide bonds. The summed E-state index contributed by atoms with van der Waals surface area (Å²) in [5.74, 6) is 0.577. The van der Waals surface area contributed by atoms with Crippen LogP contribution in [0.5, 0.6) is 11.5 Å². The third-order valence-electron chi connectivity index (χ3n) is 5.44. The standard InChI is InChI=1S/C22H24N2O4S/c1-27-14-10-11-15(18(13-14)28-2)20(24-12-6-5-8-17(24)22(25)26)21-23-16-7-3-4-9-19(16)29-21/h3-4,7,9-11,13,17,20H,5-6,8,12H2,1-2H3,(H,25,26). The topological polar surface area (TPSA) is 71.9 Å². The first-order valence-corrected chi connectivity index (χ1v) is 10.5. The van der Waals surface area contributed by atoms with Crippen LogP contribution in [0, 0.1) is 0 Å². The Bertz CT molecular complexity index is 986. The predicted molar refractivity (Wildman–Crippen MR) is 113 cm³/mol. The fraction of sp³-hybridized carbons (Fsp3) is 0.364. The maximum atomic E-state index is 12.0. The van der Waals surface area contributed by atoms with Crippen molar-refractivity contribution in [2.75, 3.05) is 20.8 Å². The second-order valence-electron chi connectivity index (χ2n) is 7.12. The molecule has 1 aliphatic rings. The van der Waals surface area contributed by atoms with Gasteiger partial charge in [0.25, 0.3) is 0 Å². The minimum Gasteiger partial charge on any atom is -0.497 e. The number of carboxylic acid groups (broad SMARTS) is 1. The molecule has 152 valence electrons. The Morgan fingerprint density at radius 3 is 2.76 bits per heavy atom. The third-order valence-corrected chi connectivity index (χ3v) is 6.53. The van der Waals surface area contributed by atoms with Crippen molar-refractivity contribution in [2.45, 2.75) is 31.3 Å². The molecule has 0 saturated carbocycles. The number of benzene rings is 2. The van der Waals surface area contributed by atoms with Gasteiger partial charge in [0, 0.05) is 18.2 Å². The van der Waals surface area contributed by atoms with Gasteiger partial charge in [0.05, 0.1) is 30.5 Å². The fourth-order valence-corrected chi connectivity index (χ4v) is 5.14. The second kappa shape index (κ2) is 8.39. The molecule has 4 rings (SSSR count). The SMILES string of the molecule is COc1ccc(C(c2nc3ccccc3s2)N2CCCCC2C(=O)O)c(OC)c1. The van der Waals surface area contributed by atoms with Crippen molar-refractivity contribution < 1.29 is 19.4 Å². The first-order chi connectivity index (χ1) is 14.1. The van der Waals surface area contributed by atoms with Crippen LogP contribution in [0.1, 0.15) is 35.9 Å². The van der Waals surface area contributed by atoms with Crippen molar-refractivity contribution in [2.24, 2.45) is 0 Å². The zero-order valence-corrected chi connectivity index (χ0v) is 17.3. The molecule has 2 heterocycles. The van der Waals surface area contributed by atoms with E-state index in [-0.39, 0.29) is 6.04 Å². The van der Waals surface area contributed by atoms with Gasteiger partial charge in [-0.1, -0.05) is 18.6 Å². The normalized spacial score (nSPS) is 18.5. The number of ether oxygens (including phenoxy) is 2. The van der Waals surface area contributed by atoms with Gasteiger partial charge in [-0.05, 0) is 37.1 Å². The average Bonchev–Trinajstić information content (AvgIpc) is 3.18. The molecule has 0 aliphatic carbocycles. The van der Waals surface area contributed by atoms with Gasteiger partial charge in [-0.25, -0.2) is 4.98 Å². The third kappa shape index (κ3) is 3.80. The number of thiazole rings is 1. The lowest BCUT2D eigenvalue weighted by Crippen LogP contribution is -2.46. The van der Waals surface area contributed by atoms with Gasteiger partial charge >= 0.3 is 5.97 Å². The van der Waals surface area contributed by atoms with Crippen LogP contribution in [0.25, 0.3) is 10.2 Å². The number of nitrogens with zero attached hydrogens (tertiary/aromatic N) is 2. The molecule has 1 saturated heterocycles. The second-order valence-corrected chi connectivity index (χ2v) is 8.18. The van der Waals surface area contributed by atoms with Crippen LogP contribution in [0.2, 0.25) is 0 Å². The smallest absolute Gasteiger partial charge is 0.320 e. The molecule has 0 spiro atoms. The van der Waals surface area contributed by atoms with E-state index in [0.29, 0.717) is 24.5 Å². The maximum Gasteiger partial charge on any atom is 0.320 e. The van der Waals surface area contributed by atoms with E-state index in [1.54, 1.807) is 25.6 Å². The van der Waals surface area contributed by atoms with Crippen molar-refractivity contribution in [3.63, 3.8) is 0 Å². The minimum atomic E-state index is -0.789. The van der Waals surface area contributed by atoms with Crippen molar-refractivity contribution >= 4 is 27.5 Å². The molecule has 2 atom stereocenters. The van der Waals surface area contributed by atoms with Gasteiger partial charge in [-0.2, -0.15) is 0 Å². The minimum absolute atomic E-state index is 0.297. The van der Waals surface area contributed by atoms with Gasteiger partial charge in [0.15, 0.2) is 0 Å². The zero-order valence-electron chi connectivity index (χ0n) is 16.5. The Morgan fingerprint density at radius 2 is 2.03 bits per heavy atom. The molecule has 0 radical (unpaired) electrons. The van der Waals surface area contributed by atoms with E-state index in [4.69, 9.17) is 14.5 Å². The highest BCUT2D eigenvalue weighted by atomic mass is 32.1. The monoisotopic (exact) mass is 412 g/mol. The molecule has 6 nitrogen and oxygen atoms in total. The molecule has 29 heavy (non-hydrogen) atoms. The van der Waals surface area contributed by atoms with Gasteiger partial charge in [0.1, 0.15) is 22.5 Å². The van der Waals surface area contributed by atoms with E-state index in [1.165, 1.54) is 0 Å². The molecular formula is C22H24N2O4S. The van der Waals surface area contributed by atoms with Crippen molar-refractivity contribution in [3.05, 3.63) is 53.0 Å². The number of aliphatic carboxylic acids is 1. The summed E-state index contributed by atoms with van der Waals surface area (Å²) in [4.78, 5) is 19.0. The summed E-state index contributed by atoms with van der Waals surface area (Å²) in [5, 5.41) is 10.8. The van der Waals surface area contributed by atoms with Crippen LogP contribution in [0.3, 0.4) is 0 Å². The van der Waals surface area contributed by atoms with E-state index in [0.717, 1.165) is 33.6 Å². The van der Waals surface area contributed by atoms with Crippen molar-refractivity contribution in [1.29, 1.82) is 0 Å². The van der Waals surface area contributed by atoms with E-state index >= 15 is 0 Å². The van der Waals surface area contributed by atoms with E-state index in [1.807, 2.05) is 42.5 Å². The van der Waals surface area contributed by atoms with Crippen LogP contribution in [-0.4, -0.2) is 47.8 Å². The number of para-hydroxylation sites is 1. The van der Waals surface area contributed by atoms with Crippen LogP contribution in [0.15, 0.2) is 42.5 Å². The average molecular weight is 413 g/mol. The number of likely N-dealkylation sites (tertiary alicyclic amines) is 1. The number of carbonyl (C=O) groups is 1. The van der Waals surface area contributed by atoms with Crippen molar-refractivity contribution in [3.8, 4) is 11.5 Å². The highest BCUT2D eigenvalue weighted by molar-refractivity contribution is 7.18. The molecular weight excluding hydrogens is 388 g/mol. The highest BCUT2D eigenvalue weighted by Crippen LogP contribution is 2.42. The molecule has 1 fully saturated rings. The molecule has 7 heteroatoms. The Kier molecular flexibility index (Phi) is 5.69. The van der Waals surface area contributed by atoms with Gasteiger partial charge in [-0.15, -0.1) is 11.3 Å². The number of methoxy groups -OCH3 is 2. The summed E-state index contributed by atoms with van der Waals surface area (Å²) in [7, 11) is 3.24. The Morgan fingerprint density at radius 1 is 1.21 bits per heavy atom. The number of rotatable bonds is 6.